The van der Waals surface area contributed by atoms with Crippen LogP contribution in [-0.2, 0) is 12.6 Å². The Kier molecular flexibility index (Phi) is 3.96. The molecule has 88 valence electrons. The summed E-state index contributed by atoms with van der Waals surface area (Å²) in [6, 6.07) is 5.28. The quantitative estimate of drug-likeness (QED) is 0.503. The highest BCUT2D eigenvalue weighted by Gasteiger charge is 2.33. The van der Waals surface area contributed by atoms with Gasteiger partial charge in [-0.1, -0.05) is 34.1 Å². The third-order valence-electron chi connectivity index (χ3n) is 2.06. The second-order valence-corrected chi connectivity index (χ2v) is 4.39. The van der Waals surface area contributed by atoms with Crippen molar-refractivity contribution >= 4 is 21.8 Å². The van der Waals surface area contributed by atoms with Crippen LogP contribution in [0.4, 0.5) is 13.2 Å². The summed E-state index contributed by atoms with van der Waals surface area (Å²) < 4.78 is 37.8. The van der Waals surface area contributed by atoms with Gasteiger partial charge in [0.15, 0.2) is 0 Å². The summed E-state index contributed by atoms with van der Waals surface area (Å²) in [6.45, 7) is 0. The van der Waals surface area contributed by atoms with Crippen molar-refractivity contribution in [2.75, 3.05) is 0 Å². The maximum absolute atomic E-state index is 12.6. The normalized spacial score (nSPS) is 13.5. The van der Waals surface area contributed by atoms with Crippen LogP contribution in [0.5, 0.6) is 0 Å². The van der Waals surface area contributed by atoms with Gasteiger partial charge in [-0.15, -0.1) is 0 Å². The van der Waals surface area contributed by atoms with Crippen LogP contribution in [0.15, 0.2) is 24.3 Å². The van der Waals surface area contributed by atoms with Crippen LogP contribution in [-0.4, -0.2) is 10.7 Å². The van der Waals surface area contributed by atoms with Gasteiger partial charge in [0, 0.05) is 0 Å². The predicted molar refractivity (Wildman–Crippen MR) is 59.8 cm³/mol. The molecule has 0 saturated carbocycles. The first kappa shape index (κ1) is 13.0. The number of hydrogen-bond donors (Lipinski definition) is 2. The van der Waals surface area contributed by atoms with E-state index >= 15 is 0 Å². The topological polar surface area (TPSA) is 49.9 Å². The van der Waals surface area contributed by atoms with Crippen LogP contribution in [0.3, 0.4) is 0 Å². The summed E-state index contributed by atoms with van der Waals surface area (Å²) >= 11 is 3.06. The van der Waals surface area contributed by atoms with Crippen molar-refractivity contribution in [1.29, 1.82) is 5.41 Å². The van der Waals surface area contributed by atoms with Crippen molar-refractivity contribution in [2.45, 2.75) is 17.4 Å². The number of alkyl halides is 4. The number of hydrogen-bond acceptors (Lipinski definition) is 1. The van der Waals surface area contributed by atoms with Gasteiger partial charge in [-0.2, -0.15) is 13.2 Å². The number of halogens is 4. The third kappa shape index (κ3) is 3.23. The van der Waals surface area contributed by atoms with Crippen molar-refractivity contribution in [3.63, 3.8) is 0 Å². The van der Waals surface area contributed by atoms with E-state index in [4.69, 9.17) is 11.1 Å². The lowest BCUT2D eigenvalue weighted by molar-refractivity contribution is -0.138. The van der Waals surface area contributed by atoms with Gasteiger partial charge in [-0.3, -0.25) is 5.41 Å². The Morgan fingerprint density at radius 2 is 1.94 bits per heavy atom. The molecule has 0 aromatic heterocycles. The summed E-state index contributed by atoms with van der Waals surface area (Å²) in [5.74, 6) is -0.183. The molecule has 0 aliphatic heterocycles. The summed E-state index contributed by atoms with van der Waals surface area (Å²) in [4.78, 5) is -0.573. The van der Waals surface area contributed by atoms with Crippen LogP contribution >= 0.6 is 15.9 Å². The SMILES string of the molecule is N=C(N)C(Br)Cc1ccccc1C(F)(F)F. The molecule has 3 N–H and O–H groups in total. The molecule has 0 spiro atoms. The van der Waals surface area contributed by atoms with Crippen molar-refractivity contribution in [3.05, 3.63) is 35.4 Å². The van der Waals surface area contributed by atoms with Gasteiger partial charge in [0.1, 0.15) is 5.84 Å². The van der Waals surface area contributed by atoms with Gasteiger partial charge in [-0.25, -0.2) is 0 Å². The lowest BCUT2D eigenvalue weighted by Crippen LogP contribution is -2.25. The zero-order valence-electron chi connectivity index (χ0n) is 8.18. The molecule has 0 radical (unpaired) electrons. The molecule has 1 unspecified atom stereocenters. The first-order chi connectivity index (χ1) is 7.32. The van der Waals surface area contributed by atoms with E-state index in [-0.39, 0.29) is 17.8 Å². The Bertz CT molecular complexity index is 390. The first-order valence-electron chi connectivity index (χ1n) is 4.45. The van der Waals surface area contributed by atoms with Crippen LogP contribution in [0.25, 0.3) is 0 Å². The van der Waals surface area contributed by atoms with E-state index in [1.54, 1.807) is 0 Å². The fraction of sp³-hybridized carbons (Fsp3) is 0.300. The maximum atomic E-state index is 12.6. The minimum Gasteiger partial charge on any atom is -0.387 e. The minimum atomic E-state index is -4.37. The summed E-state index contributed by atoms with van der Waals surface area (Å²) in [5, 5.41) is 7.13. The molecule has 6 heteroatoms. The summed E-state index contributed by atoms with van der Waals surface area (Å²) in [7, 11) is 0. The molecule has 0 saturated heterocycles. The molecular formula is C10H10BrF3N2. The molecule has 1 aromatic carbocycles. The average molecular weight is 295 g/mol. The van der Waals surface area contributed by atoms with Crippen molar-refractivity contribution in [1.82, 2.24) is 0 Å². The highest BCUT2D eigenvalue weighted by Crippen LogP contribution is 2.32. The number of benzene rings is 1. The number of nitrogens with one attached hydrogen (secondary N) is 1. The van der Waals surface area contributed by atoms with E-state index in [0.717, 1.165) is 6.07 Å². The second-order valence-electron chi connectivity index (χ2n) is 3.28. The standard InChI is InChI=1S/C10H10BrF3N2/c11-8(9(15)16)5-6-3-1-2-4-7(6)10(12,13)14/h1-4,8H,5H2,(H3,15,16). The van der Waals surface area contributed by atoms with E-state index in [2.05, 4.69) is 15.9 Å². The van der Waals surface area contributed by atoms with Crippen LogP contribution < -0.4 is 5.73 Å². The highest BCUT2D eigenvalue weighted by molar-refractivity contribution is 9.10. The van der Waals surface area contributed by atoms with Gasteiger partial charge in [0.05, 0.1) is 10.4 Å². The van der Waals surface area contributed by atoms with Gasteiger partial charge >= 0.3 is 6.18 Å². The first-order valence-corrected chi connectivity index (χ1v) is 5.37. The number of nitrogens with two attached hydrogens (primary N) is 1. The maximum Gasteiger partial charge on any atom is 0.416 e. The van der Waals surface area contributed by atoms with Gasteiger partial charge in [0.2, 0.25) is 0 Å². The Morgan fingerprint density at radius 1 is 1.38 bits per heavy atom. The second kappa shape index (κ2) is 4.86. The van der Waals surface area contributed by atoms with E-state index in [1.165, 1.54) is 18.2 Å². The predicted octanol–water partition coefficient (Wildman–Crippen LogP) is 2.95. The average Bonchev–Trinajstić information content (AvgIpc) is 2.16. The zero-order chi connectivity index (χ0) is 12.3. The van der Waals surface area contributed by atoms with Crippen LogP contribution in [0.2, 0.25) is 0 Å². The van der Waals surface area contributed by atoms with Crippen molar-refractivity contribution < 1.29 is 13.2 Å². The molecule has 0 amide bonds. The molecule has 0 fully saturated rings. The van der Waals surface area contributed by atoms with Crippen LogP contribution in [0.1, 0.15) is 11.1 Å². The Balaban J connectivity index is 3.01. The van der Waals surface area contributed by atoms with E-state index in [1.807, 2.05) is 0 Å². The Hall–Kier alpha value is -1.04. The molecule has 1 atom stereocenters. The van der Waals surface area contributed by atoms with E-state index in [9.17, 15) is 13.2 Å². The molecule has 0 aliphatic rings. The Morgan fingerprint density at radius 3 is 2.44 bits per heavy atom. The molecule has 1 rings (SSSR count). The Labute approximate surface area is 99.3 Å². The molecule has 2 nitrogen and oxygen atoms in total. The largest absolute Gasteiger partial charge is 0.416 e. The molecule has 1 aromatic rings. The smallest absolute Gasteiger partial charge is 0.387 e. The molecule has 0 heterocycles. The fourth-order valence-electron chi connectivity index (χ4n) is 1.28. The highest BCUT2D eigenvalue weighted by atomic mass is 79.9. The third-order valence-corrected chi connectivity index (χ3v) is 2.88. The van der Waals surface area contributed by atoms with Crippen LogP contribution in [0, 0.1) is 5.41 Å². The van der Waals surface area contributed by atoms with Gasteiger partial charge < -0.3 is 5.73 Å². The minimum absolute atomic E-state index is 0.0466. The van der Waals surface area contributed by atoms with Gasteiger partial charge in [0.25, 0.3) is 0 Å². The van der Waals surface area contributed by atoms with Crippen molar-refractivity contribution in [2.24, 2.45) is 5.73 Å². The lowest BCUT2D eigenvalue weighted by atomic mass is 10.0. The zero-order valence-corrected chi connectivity index (χ0v) is 9.77. The number of amidine groups is 1. The summed E-state index contributed by atoms with van der Waals surface area (Å²) in [6.07, 6.45) is -4.33. The summed E-state index contributed by atoms with van der Waals surface area (Å²) in [5.41, 5.74) is 4.65. The fourth-order valence-corrected chi connectivity index (χ4v) is 1.63. The molecule has 16 heavy (non-hydrogen) atoms. The van der Waals surface area contributed by atoms with Gasteiger partial charge in [-0.05, 0) is 18.1 Å². The molecule has 0 bridgehead atoms. The molecule has 0 aliphatic carbocycles. The monoisotopic (exact) mass is 294 g/mol. The van der Waals surface area contributed by atoms with E-state index in [0.29, 0.717) is 0 Å². The van der Waals surface area contributed by atoms with Crippen molar-refractivity contribution in [3.8, 4) is 0 Å². The number of rotatable bonds is 3. The molecular weight excluding hydrogens is 285 g/mol. The lowest BCUT2D eigenvalue weighted by Gasteiger charge is -2.14. The van der Waals surface area contributed by atoms with E-state index < -0.39 is 16.6 Å².